The van der Waals surface area contributed by atoms with Crippen LogP contribution in [0.2, 0.25) is 0 Å². The summed E-state index contributed by atoms with van der Waals surface area (Å²) in [5, 5.41) is 24.0. The van der Waals surface area contributed by atoms with Crippen molar-refractivity contribution in [1.29, 1.82) is 0 Å². The minimum absolute atomic E-state index is 0.0235. The van der Waals surface area contributed by atoms with Crippen LogP contribution in [0.15, 0.2) is 61.2 Å². The molecule has 1 aliphatic rings. The Morgan fingerprint density at radius 1 is 1.00 bits per heavy atom. The highest BCUT2D eigenvalue weighted by Gasteiger charge is 2.44. The molecule has 0 unspecified atom stereocenters. The van der Waals surface area contributed by atoms with Crippen molar-refractivity contribution in [1.82, 2.24) is 19.5 Å². The summed E-state index contributed by atoms with van der Waals surface area (Å²) < 4.78 is 17.8. The molecule has 5 N–H and O–H groups in total. The Hall–Kier alpha value is -4.59. The number of rotatable bonds is 9. The van der Waals surface area contributed by atoms with Crippen LogP contribution in [-0.2, 0) is 31.9 Å². The zero-order valence-corrected chi connectivity index (χ0v) is 21.5. The maximum atomic E-state index is 12.5. The number of aromatic nitrogens is 4. The van der Waals surface area contributed by atoms with Crippen molar-refractivity contribution in [2.24, 2.45) is 0 Å². The number of amides is 1. The second-order valence-electron chi connectivity index (χ2n) is 9.26. The van der Waals surface area contributed by atoms with Crippen LogP contribution in [0.1, 0.15) is 17.4 Å². The molecular formula is C27H28N6O7. The molecule has 40 heavy (non-hydrogen) atoms. The quantitative estimate of drug-likeness (QED) is 0.219. The number of anilines is 2. The number of imidazole rings is 1. The molecule has 2 aromatic carbocycles. The SMILES string of the molecule is COC(=O)Cc1ccc(NC(=O)Cc2ccc(OC[C@H]3O[C@@H](n4cnc5c(N)ncnc54)[C@H](O)[C@@H]3O)cc2)cc1. The Kier molecular flexibility index (Phi) is 7.86. The number of nitrogens with two attached hydrogens (primary N) is 1. The van der Waals surface area contributed by atoms with E-state index in [4.69, 9.17) is 15.2 Å². The standard InChI is InChI=1S/C27H28N6O7/c1-38-21(35)11-16-2-6-17(7-3-16)32-20(34)10-15-4-8-18(9-5-15)39-12-19-23(36)24(37)27(40-19)33-14-31-22-25(28)29-13-30-26(22)33/h2-9,13-14,19,23-24,27,36-37H,10-12H2,1H3,(H,32,34)(H2,28,29,30)/t19-,23-,24-,27-/m1/s1. The molecule has 1 amide bonds. The van der Waals surface area contributed by atoms with Crippen molar-refractivity contribution in [3.63, 3.8) is 0 Å². The zero-order valence-electron chi connectivity index (χ0n) is 21.5. The number of hydrogen-bond donors (Lipinski definition) is 4. The Labute approximate surface area is 228 Å². The fourth-order valence-corrected chi connectivity index (χ4v) is 4.37. The van der Waals surface area contributed by atoms with Gasteiger partial charge in [0.15, 0.2) is 17.7 Å². The Morgan fingerprint density at radius 2 is 1.70 bits per heavy atom. The lowest BCUT2D eigenvalue weighted by Gasteiger charge is -2.16. The van der Waals surface area contributed by atoms with Crippen LogP contribution in [0, 0.1) is 0 Å². The topological polar surface area (TPSA) is 184 Å². The summed E-state index contributed by atoms with van der Waals surface area (Å²) in [6.07, 6.45) is -1.18. The molecule has 0 radical (unpaired) electrons. The molecular weight excluding hydrogens is 520 g/mol. The zero-order chi connectivity index (χ0) is 28.2. The van der Waals surface area contributed by atoms with Crippen LogP contribution in [0.25, 0.3) is 11.2 Å². The summed E-state index contributed by atoms with van der Waals surface area (Å²) in [5.74, 6) is 0.176. The van der Waals surface area contributed by atoms with Gasteiger partial charge in [-0.15, -0.1) is 0 Å². The second kappa shape index (κ2) is 11.7. The van der Waals surface area contributed by atoms with Crippen molar-refractivity contribution in [3.05, 3.63) is 72.3 Å². The average Bonchev–Trinajstić information content (AvgIpc) is 3.50. The first kappa shape index (κ1) is 27.0. The van der Waals surface area contributed by atoms with Gasteiger partial charge >= 0.3 is 5.97 Å². The predicted molar refractivity (Wildman–Crippen MR) is 142 cm³/mol. The van der Waals surface area contributed by atoms with E-state index in [9.17, 15) is 19.8 Å². The highest BCUT2D eigenvalue weighted by Crippen LogP contribution is 2.32. The van der Waals surface area contributed by atoms with Gasteiger partial charge in [-0.25, -0.2) is 15.0 Å². The van der Waals surface area contributed by atoms with Crippen molar-refractivity contribution < 1.29 is 34.0 Å². The summed E-state index contributed by atoms with van der Waals surface area (Å²) in [6, 6.07) is 13.9. The van der Waals surface area contributed by atoms with Gasteiger partial charge in [-0.05, 0) is 35.4 Å². The second-order valence-corrected chi connectivity index (χ2v) is 9.26. The predicted octanol–water partition coefficient (Wildman–Crippen LogP) is 1.00. The molecule has 4 atom stereocenters. The first-order chi connectivity index (χ1) is 19.3. The molecule has 0 aliphatic carbocycles. The molecule has 13 nitrogen and oxygen atoms in total. The molecule has 0 spiro atoms. The Balaban J connectivity index is 1.13. The number of hydrogen-bond acceptors (Lipinski definition) is 11. The fourth-order valence-electron chi connectivity index (χ4n) is 4.37. The molecule has 1 fully saturated rings. The van der Waals surface area contributed by atoms with E-state index >= 15 is 0 Å². The van der Waals surface area contributed by atoms with E-state index in [1.165, 1.54) is 24.3 Å². The summed E-state index contributed by atoms with van der Waals surface area (Å²) in [4.78, 5) is 36.1. The van der Waals surface area contributed by atoms with Crippen molar-refractivity contribution >= 4 is 34.5 Å². The highest BCUT2D eigenvalue weighted by molar-refractivity contribution is 5.92. The van der Waals surface area contributed by atoms with Gasteiger partial charge in [0.05, 0.1) is 26.3 Å². The lowest BCUT2D eigenvalue weighted by Crippen LogP contribution is -2.34. The van der Waals surface area contributed by atoms with Crippen molar-refractivity contribution in [3.8, 4) is 5.75 Å². The number of carbonyl (C=O) groups excluding carboxylic acids is 2. The maximum Gasteiger partial charge on any atom is 0.309 e. The number of ether oxygens (including phenoxy) is 3. The lowest BCUT2D eigenvalue weighted by molar-refractivity contribution is -0.139. The van der Waals surface area contributed by atoms with Gasteiger partial charge in [-0.3, -0.25) is 14.2 Å². The molecule has 2 aromatic heterocycles. The summed E-state index contributed by atoms with van der Waals surface area (Å²) in [5.41, 5.74) is 8.75. The lowest BCUT2D eigenvalue weighted by atomic mass is 10.1. The van der Waals surface area contributed by atoms with Crippen molar-refractivity contribution in [2.75, 3.05) is 24.8 Å². The number of esters is 1. The summed E-state index contributed by atoms with van der Waals surface area (Å²) >= 11 is 0. The van der Waals surface area contributed by atoms with Crippen LogP contribution in [0.3, 0.4) is 0 Å². The van der Waals surface area contributed by atoms with E-state index in [0.717, 1.165) is 11.1 Å². The van der Waals surface area contributed by atoms with Gasteiger partial charge in [0.1, 0.15) is 42.5 Å². The van der Waals surface area contributed by atoms with Crippen LogP contribution < -0.4 is 15.8 Å². The number of nitrogens with one attached hydrogen (secondary N) is 1. The van der Waals surface area contributed by atoms with Gasteiger partial charge in [-0.1, -0.05) is 24.3 Å². The van der Waals surface area contributed by atoms with Gasteiger partial charge in [0.2, 0.25) is 5.91 Å². The van der Waals surface area contributed by atoms with Crippen LogP contribution >= 0.6 is 0 Å². The summed E-state index contributed by atoms with van der Waals surface area (Å²) in [7, 11) is 1.34. The number of fused-ring (bicyclic) bond motifs is 1. The van der Waals surface area contributed by atoms with Gasteiger partial charge in [0, 0.05) is 5.69 Å². The molecule has 0 saturated carbocycles. The molecule has 208 valence electrons. The highest BCUT2D eigenvalue weighted by atomic mass is 16.6. The van der Waals surface area contributed by atoms with Gasteiger partial charge in [0.25, 0.3) is 0 Å². The monoisotopic (exact) mass is 548 g/mol. The molecule has 4 aromatic rings. The smallest absolute Gasteiger partial charge is 0.309 e. The third-order valence-electron chi connectivity index (χ3n) is 6.51. The average molecular weight is 549 g/mol. The number of benzene rings is 2. The van der Waals surface area contributed by atoms with Crippen molar-refractivity contribution in [2.45, 2.75) is 37.4 Å². The van der Waals surface area contributed by atoms with E-state index in [1.54, 1.807) is 48.5 Å². The third-order valence-corrected chi connectivity index (χ3v) is 6.51. The number of carbonyl (C=O) groups is 2. The number of aliphatic hydroxyl groups is 2. The molecule has 1 aliphatic heterocycles. The Morgan fingerprint density at radius 3 is 2.42 bits per heavy atom. The minimum atomic E-state index is -1.24. The first-order valence-corrected chi connectivity index (χ1v) is 12.4. The minimum Gasteiger partial charge on any atom is -0.491 e. The number of nitrogen functional groups attached to an aromatic ring is 1. The molecule has 13 heteroatoms. The first-order valence-electron chi connectivity index (χ1n) is 12.4. The number of methoxy groups -OCH3 is 1. The fraction of sp³-hybridized carbons (Fsp3) is 0.296. The van der Waals surface area contributed by atoms with Crippen LogP contribution in [-0.4, -0.2) is 73.6 Å². The van der Waals surface area contributed by atoms with E-state index < -0.39 is 24.5 Å². The van der Waals surface area contributed by atoms with E-state index in [1.807, 2.05) is 0 Å². The van der Waals surface area contributed by atoms with E-state index in [0.29, 0.717) is 22.6 Å². The van der Waals surface area contributed by atoms with E-state index in [-0.39, 0.29) is 37.1 Å². The van der Waals surface area contributed by atoms with E-state index in [2.05, 4.69) is 25.0 Å². The Bertz CT molecular complexity index is 1490. The number of nitrogens with zero attached hydrogens (tertiary/aromatic N) is 4. The van der Waals surface area contributed by atoms with Gasteiger partial charge in [-0.2, -0.15) is 0 Å². The molecule has 5 rings (SSSR count). The molecule has 3 heterocycles. The van der Waals surface area contributed by atoms with Gasteiger partial charge < -0.3 is 35.5 Å². The van der Waals surface area contributed by atoms with Crippen LogP contribution in [0.4, 0.5) is 11.5 Å². The number of aliphatic hydroxyl groups excluding tert-OH is 2. The third kappa shape index (κ3) is 5.86. The summed E-state index contributed by atoms with van der Waals surface area (Å²) in [6.45, 7) is -0.0235. The largest absolute Gasteiger partial charge is 0.491 e. The maximum absolute atomic E-state index is 12.5. The molecule has 0 bridgehead atoms. The molecule has 1 saturated heterocycles. The van der Waals surface area contributed by atoms with Crippen LogP contribution in [0.5, 0.6) is 5.75 Å². The normalized spacial score (nSPS) is 20.4.